The normalized spacial score (nSPS) is 11.2. The molecule has 0 aromatic heterocycles. The van der Waals surface area contributed by atoms with Crippen LogP contribution in [0.15, 0.2) is 29.2 Å². The molecule has 2 nitrogen and oxygen atoms in total. The van der Waals surface area contributed by atoms with Crippen molar-refractivity contribution in [3.63, 3.8) is 0 Å². The number of hydrogen-bond acceptors (Lipinski definition) is 2. The van der Waals surface area contributed by atoms with Gasteiger partial charge in [0, 0.05) is 22.3 Å². The van der Waals surface area contributed by atoms with Gasteiger partial charge in [-0.05, 0) is 18.2 Å². The van der Waals surface area contributed by atoms with Gasteiger partial charge < -0.3 is 5.32 Å². The Morgan fingerprint density at radius 2 is 2.00 bits per heavy atom. The first kappa shape index (κ1) is 12.1. The fourth-order valence-corrected chi connectivity index (χ4v) is 2.23. The summed E-state index contributed by atoms with van der Waals surface area (Å²) in [6.45, 7) is 8.03. The lowest BCUT2D eigenvalue weighted by atomic mass is 10.3. The minimum Gasteiger partial charge on any atom is -0.326 e. The Morgan fingerprint density at radius 3 is 2.53 bits per heavy atom. The van der Waals surface area contributed by atoms with Crippen LogP contribution in [0.2, 0.25) is 0 Å². The highest BCUT2D eigenvalue weighted by molar-refractivity contribution is 8.00. The molecule has 0 saturated heterocycles. The van der Waals surface area contributed by atoms with E-state index >= 15 is 0 Å². The first-order chi connectivity index (χ1) is 6.87. The van der Waals surface area contributed by atoms with E-state index in [-0.39, 0.29) is 10.7 Å². The summed E-state index contributed by atoms with van der Waals surface area (Å²) in [6, 6.07) is 7.91. The highest BCUT2D eigenvalue weighted by Gasteiger charge is 2.12. The van der Waals surface area contributed by atoms with Gasteiger partial charge >= 0.3 is 0 Å². The van der Waals surface area contributed by atoms with Crippen molar-refractivity contribution in [3.8, 4) is 0 Å². The van der Waals surface area contributed by atoms with E-state index in [1.165, 1.54) is 11.8 Å². The van der Waals surface area contributed by atoms with Gasteiger partial charge in [0.1, 0.15) is 0 Å². The molecule has 1 aromatic rings. The topological polar surface area (TPSA) is 29.1 Å². The van der Waals surface area contributed by atoms with Gasteiger partial charge in [-0.25, -0.2) is 0 Å². The molecule has 0 spiro atoms. The molecule has 0 aliphatic heterocycles. The second-order valence-corrected chi connectivity index (χ2v) is 6.32. The molecule has 1 rings (SSSR count). The molecule has 0 saturated carbocycles. The summed E-state index contributed by atoms with van der Waals surface area (Å²) in [4.78, 5) is 12.1. The molecule has 0 atom stereocenters. The number of thioether (sulfide) groups is 1. The highest BCUT2D eigenvalue weighted by atomic mass is 32.2. The largest absolute Gasteiger partial charge is 0.326 e. The fourth-order valence-electron chi connectivity index (χ4n) is 1.19. The zero-order chi connectivity index (χ0) is 11.5. The number of carbonyl (C=O) groups is 1. The molecule has 0 unspecified atom stereocenters. The van der Waals surface area contributed by atoms with E-state index in [1.807, 2.05) is 18.2 Å². The molecule has 15 heavy (non-hydrogen) atoms. The molecule has 3 heteroatoms. The summed E-state index contributed by atoms with van der Waals surface area (Å²) in [6.07, 6.45) is 0. The summed E-state index contributed by atoms with van der Waals surface area (Å²) in [7, 11) is 0. The lowest BCUT2D eigenvalue weighted by Crippen LogP contribution is -2.08. The SMILES string of the molecule is CC(=O)Nc1cccc(SC(C)(C)C)c1. The van der Waals surface area contributed by atoms with Crippen molar-refractivity contribution in [2.45, 2.75) is 37.3 Å². The van der Waals surface area contributed by atoms with Gasteiger partial charge in [0.05, 0.1) is 0 Å². The predicted molar refractivity (Wildman–Crippen MR) is 66.4 cm³/mol. The highest BCUT2D eigenvalue weighted by Crippen LogP contribution is 2.32. The lowest BCUT2D eigenvalue weighted by Gasteiger charge is -2.17. The Bertz CT molecular complexity index is 355. The maximum Gasteiger partial charge on any atom is 0.221 e. The summed E-state index contributed by atoms with van der Waals surface area (Å²) in [5.74, 6) is -0.0343. The lowest BCUT2D eigenvalue weighted by molar-refractivity contribution is -0.114. The second kappa shape index (κ2) is 4.71. The van der Waals surface area contributed by atoms with Crippen LogP contribution in [0.5, 0.6) is 0 Å². The van der Waals surface area contributed by atoms with Crippen molar-refractivity contribution in [2.75, 3.05) is 5.32 Å². The predicted octanol–water partition coefficient (Wildman–Crippen LogP) is 3.54. The quantitative estimate of drug-likeness (QED) is 0.777. The Morgan fingerprint density at radius 1 is 1.33 bits per heavy atom. The zero-order valence-electron chi connectivity index (χ0n) is 9.63. The summed E-state index contributed by atoms with van der Waals surface area (Å²) < 4.78 is 0.189. The van der Waals surface area contributed by atoms with Crippen molar-refractivity contribution in [1.29, 1.82) is 0 Å². The Balaban J connectivity index is 2.79. The van der Waals surface area contributed by atoms with Crippen LogP contribution < -0.4 is 5.32 Å². The number of benzene rings is 1. The standard InChI is InChI=1S/C12H17NOS/c1-9(14)13-10-6-5-7-11(8-10)15-12(2,3)4/h5-8H,1-4H3,(H,13,14). The van der Waals surface area contributed by atoms with Crippen LogP contribution in [-0.4, -0.2) is 10.7 Å². The van der Waals surface area contributed by atoms with E-state index in [0.717, 1.165) is 5.69 Å². The Labute approximate surface area is 95.5 Å². The number of nitrogens with one attached hydrogen (secondary N) is 1. The average molecular weight is 223 g/mol. The van der Waals surface area contributed by atoms with E-state index in [9.17, 15) is 4.79 Å². The van der Waals surface area contributed by atoms with Crippen LogP contribution in [0.1, 0.15) is 27.7 Å². The average Bonchev–Trinajstić information content (AvgIpc) is 1.99. The van der Waals surface area contributed by atoms with Gasteiger partial charge in [0.2, 0.25) is 5.91 Å². The number of hydrogen-bond donors (Lipinski definition) is 1. The van der Waals surface area contributed by atoms with Crippen molar-refractivity contribution >= 4 is 23.4 Å². The van der Waals surface area contributed by atoms with Gasteiger partial charge in [-0.15, -0.1) is 11.8 Å². The third-order valence-electron chi connectivity index (χ3n) is 1.58. The van der Waals surface area contributed by atoms with Gasteiger partial charge in [-0.1, -0.05) is 26.8 Å². The number of rotatable bonds is 2. The smallest absolute Gasteiger partial charge is 0.221 e. The summed E-state index contributed by atoms with van der Waals surface area (Å²) in [5.41, 5.74) is 0.858. The third kappa shape index (κ3) is 4.88. The number of amides is 1. The first-order valence-electron chi connectivity index (χ1n) is 4.93. The molecule has 1 N–H and O–H groups in total. The minimum absolute atomic E-state index is 0.0343. The maximum atomic E-state index is 10.9. The molecule has 0 heterocycles. The van der Waals surface area contributed by atoms with E-state index in [4.69, 9.17) is 0 Å². The first-order valence-corrected chi connectivity index (χ1v) is 5.75. The Kier molecular flexibility index (Phi) is 3.80. The molecule has 0 fully saturated rings. The fraction of sp³-hybridized carbons (Fsp3) is 0.417. The van der Waals surface area contributed by atoms with E-state index in [1.54, 1.807) is 11.8 Å². The van der Waals surface area contributed by atoms with Gasteiger partial charge in [0.25, 0.3) is 0 Å². The molecule has 1 aromatic carbocycles. The molecular weight excluding hydrogens is 206 g/mol. The monoisotopic (exact) mass is 223 g/mol. The third-order valence-corrected chi connectivity index (χ3v) is 2.68. The molecule has 82 valence electrons. The van der Waals surface area contributed by atoms with Crippen LogP contribution in [0.4, 0.5) is 5.69 Å². The van der Waals surface area contributed by atoms with Gasteiger partial charge in [-0.2, -0.15) is 0 Å². The number of carbonyl (C=O) groups excluding carboxylic acids is 1. The summed E-state index contributed by atoms with van der Waals surface area (Å²) >= 11 is 1.79. The van der Waals surface area contributed by atoms with Crippen molar-refractivity contribution in [1.82, 2.24) is 0 Å². The molecule has 0 aliphatic rings. The number of anilines is 1. The van der Waals surface area contributed by atoms with Crippen LogP contribution in [-0.2, 0) is 4.79 Å². The molecule has 1 amide bonds. The van der Waals surface area contributed by atoms with Crippen molar-refractivity contribution < 1.29 is 4.79 Å². The molecular formula is C12H17NOS. The van der Waals surface area contributed by atoms with Crippen LogP contribution in [0, 0.1) is 0 Å². The van der Waals surface area contributed by atoms with Crippen molar-refractivity contribution in [2.24, 2.45) is 0 Å². The van der Waals surface area contributed by atoms with Crippen LogP contribution >= 0.6 is 11.8 Å². The van der Waals surface area contributed by atoms with Crippen molar-refractivity contribution in [3.05, 3.63) is 24.3 Å². The molecule has 0 bridgehead atoms. The summed E-state index contributed by atoms with van der Waals surface area (Å²) in [5, 5.41) is 2.78. The molecule has 0 aliphatic carbocycles. The second-order valence-electron chi connectivity index (χ2n) is 4.42. The minimum atomic E-state index is -0.0343. The van der Waals surface area contributed by atoms with Gasteiger partial charge in [-0.3, -0.25) is 4.79 Å². The zero-order valence-corrected chi connectivity index (χ0v) is 10.4. The van der Waals surface area contributed by atoms with Gasteiger partial charge in [0.15, 0.2) is 0 Å². The van der Waals surface area contributed by atoms with E-state index < -0.39 is 0 Å². The molecule has 0 radical (unpaired) electrons. The van der Waals surface area contributed by atoms with Crippen LogP contribution in [0.25, 0.3) is 0 Å². The van der Waals surface area contributed by atoms with E-state index in [2.05, 4.69) is 32.2 Å². The maximum absolute atomic E-state index is 10.9. The van der Waals surface area contributed by atoms with E-state index in [0.29, 0.717) is 0 Å². The Hall–Kier alpha value is -0.960. The van der Waals surface area contributed by atoms with Crippen LogP contribution in [0.3, 0.4) is 0 Å².